The van der Waals surface area contributed by atoms with Crippen LogP contribution in [0.2, 0.25) is 0 Å². The molecule has 0 bridgehead atoms. The molecule has 1 aliphatic rings. The van der Waals surface area contributed by atoms with Gasteiger partial charge in [-0.05, 0) is 54.8 Å². The molecule has 8 heteroatoms. The van der Waals surface area contributed by atoms with Crippen molar-refractivity contribution in [2.75, 3.05) is 18.4 Å². The summed E-state index contributed by atoms with van der Waals surface area (Å²) in [5, 5.41) is 14.0. The first-order valence-corrected chi connectivity index (χ1v) is 7.61. The van der Waals surface area contributed by atoms with E-state index in [0.29, 0.717) is 24.6 Å². The lowest BCUT2D eigenvalue weighted by Gasteiger charge is -2.25. The monoisotopic (exact) mass is 314 g/mol. The number of hydrogen-bond donors (Lipinski definition) is 1. The van der Waals surface area contributed by atoms with Crippen molar-refractivity contribution in [3.05, 3.63) is 30.1 Å². The summed E-state index contributed by atoms with van der Waals surface area (Å²) in [6, 6.07) is 7.05. The molecule has 1 N–H and O–H groups in total. The van der Waals surface area contributed by atoms with Crippen molar-refractivity contribution in [2.24, 2.45) is 0 Å². The summed E-state index contributed by atoms with van der Waals surface area (Å²) in [4.78, 5) is 25.9. The van der Waals surface area contributed by atoms with Crippen LogP contribution in [0.5, 0.6) is 0 Å². The summed E-state index contributed by atoms with van der Waals surface area (Å²) in [7, 11) is 0. The maximum atomic E-state index is 12.1. The Hall–Kier alpha value is -2.77. The molecule has 1 aromatic carbocycles. The van der Waals surface area contributed by atoms with Gasteiger partial charge in [-0.3, -0.25) is 9.59 Å². The Bertz CT molecular complexity index is 720. The van der Waals surface area contributed by atoms with Crippen LogP contribution in [0, 0.1) is 6.92 Å². The standard InChI is InChI=1S/C15H18N6O2/c1-11-17-18-19-21(11)13-7-5-6-12(10-13)16-14(22)15(23)20-8-3-2-4-9-20/h5-7,10H,2-4,8-9H2,1H3,(H,16,22). The minimum absolute atomic E-state index is 0.478. The van der Waals surface area contributed by atoms with Gasteiger partial charge in [0.25, 0.3) is 0 Å². The quantitative estimate of drug-likeness (QED) is 0.832. The Balaban J connectivity index is 1.71. The summed E-state index contributed by atoms with van der Waals surface area (Å²) < 4.78 is 1.56. The van der Waals surface area contributed by atoms with Gasteiger partial charge >= 0.3 is 11.8 Å². The average molecular weight is 314 g/mol. The van der Waals surface area contributed by atoms with Gasteiger partial charge in [0.05, 0.1) is 5.69 Å². The van der Waals surface area contributed by atoms with E-state index in [9.17, 15) is 9.59 Å². The minimum atomic E-state index is -0.613. The second-order valence-electron chi connectivity index (χ2n) is 5.50. The van der Waals surface area contributed by atoms with Crippen molar-refractivity contribution in [3.8, 4) is 5.69 Å². The molecule has 0 saturated carbocycles. The van der Waals surface area contributed by atoms with Crippen molar-refractivity contribution in [3.63, 3.8) is 0 Å². The molecule has 1 aromatic heterocycles. The Kier molecular flexibility index (Phi) is 4.31. The largest absolute Gasteiger partial charge is 0.334 e. The molecule has 1 saturated heterocycles. The van der Waals surface area contributed by atoms with Gasteiger partial charge in [-0.25, -0.2) is 0 Å². The maximum absolute atomic E-state index is 12.1. The molecule has 0 atom stereocenters. The first-order chi connectivity index (χ1) is 11.1. The number of carbonyl (C=O) groups is 2. The zero-order valence-corrected chi connectivity index (χ0v) is 12.9. The van der Waals surface area contributed by atoms with Crippen molar-refractivity contribution in [1.29, 1.82) is 0 Å². The molecule has 2 aromatic rings. The fourth-order valence-corrected chi connectivity index (χ4v) is 2.61. The zero-order chi connectivity index (χ0) is 16.2. The van der Waals surface area contributed by atoms with E-state index in [0.717, 1.165) is 24.9 Å². The van der Waals surface area contributed by atoms with Gasteiger partial charge in [0.15, 0.2) is 5.82 Å². The normalized spacial score (nSPS) is 14.6. The SMILES string of the molecule is Cc1nnnn1-c1cccc(NC(=O)C(=O)N2CCCCC2)c1. The van der Waals surface area contributed by atoms with Crippen LogP contribution in [0.25, 0.3) is 5.69 Å². The smallest absolute Gasteiger partial charge is 0.313 e. The lowest BCUT2D eigenvalue weighted by molar-refractivity contribution is -0.143. The van der Waals surface area contributed by atoms with E-state index in [4.69, 9.17) is 0 Å². The molecule has 0 spiro atoms. The van der Waals surface area contributed by atoms with Crippen LogP contribution in [-0.4, -0.2) is 50.0 Å². The van der Waals surface area contributed by atoms with Crippen LogP contribution >= 0.6 is 0 Å². The zero-order valence-electron chi connectivity index (χ0n) is 12.9. The van der Waals surface area contributed by atoms with Gasteiger partial charge < -0.3 is 10.2 Å². The number of nitrogens with one attached hydrogen (secondary N) is 1. The number of amides is 2. The highest BCUT2D eigenvalue weighted by molar-refractivity contribution is 6.39. The molecule has 0 unspecified atom stereocenters. The first kappa shape index (κ1) is 15.1. The summed E-state index contributed by atoms with van der Waals surface area (Å²) in [6.45, 7) is 3.08. The minimum Gasteiger partial charge on any atom is -0.334 e. The number of tetrazole rings is 1. The van der Waals surface area contributed by atoms with Gasteiger partial charge in [-0.15, -0.1) is 5.10 Å². The van der Waals surface area contributed by atoms with Gasteiger partial charge in [-0.2, -0.15) is 4.68 Å². The van der Waals surface area contributed by atoms with E-state index in [2.05, 4.69) is 20.8 Å². The summed E-state index contributed by atoms with van der Waals surface area (Å²) >= 11 is 0. The van der Waals surface area contributed by atoms with E-state index in [1.54, 1.807) is 34.7 Å². The molecular weight excluding hydrogens is 296 g/mol. The number of nitrogens with zero attached hydrogens (tertiary/aromatic N) is 5. The van der Waals surface area contributed by atoms with Crippen molar-refractivity contribution >= 4 is 17.5 Å². The molecule has 0 aliphatic carbocycles. The van der Waals surface area contributed by atoms with Crippen molar-refractivity contribution in [2.45, 2.75) is 26.2 Å². The Morgan fingerprint density at radius 1 is 1.17 bits per heavy atom. The van der Waals surface area contributed by atoms with Gasteiger partial charge in [-0.1, -0.05) is 6.07 Å². The Morgan fingerprint density at radius 3 is 2.65 bits per heavy atom. The lowest BCUT2D eigenvalue weighted by Crippen LogP contribution is -2.42. The van der Waals surface area contributed by atoms with E-state index in [-0.39, 0.29) is 0 Å². The third-order valence-corrected chi connectivity index (χ3v) is 3.81. The highest BCUT2D eigenvalue weighted by Crippen LogP contribution is 2.15. The fourth-order valence-electron chi connectivity index (χ4n) is 2.61. The molecule has 1 aliphatic heterocycles. The van der Waals surface area contributed by atoms with E-state index in [1.807, 2.05) is 6.07 Å². The topological polar surface area (TPSA) is 93.0 Å². The number of aryl methyl sites for hydroxylation is 1. The summed E-state index contributed by atoms with van der Waals surface area (Å²) in [5.41, 5.74) is 1.25. The Labute approximate surface area is 133 Å². The summed E-state index contributed by atoms with van der Waals surface area (Å²) in [5.74, 6) is -0.455. The van der Waals surface area contributed by atoms with Crippen LogP contribution in [0.3, 0.4) is 0 Å². The number of rotatable bonds is 2. The number of carbonyl (C=O) groups excluding carboxylic acids is 2. The average Bonchev–Trinajstić information content (AvgIpc) is 3.01. The highest BCUT2D eigenvalue weighted by atomic mass is 16.2. The van der Waals surface area contributed by atoms with E-state index in [1.165, 1.54) is 0 Å². The predicted octanol–water partition coefficient (Wildman–Crippen LogP) is 0.922. The molecular formula is C15H18N6O2. The molecule has 2 amide bonds. The molecule has 120 valence electrons. The third-order valence-electron chi connectivity index (χ3n) is 3.81. The lowest BCUT2D eigenvalue weighted by atomic mass is 10.1. The van der Waals surface area contributed by atoms with Crippen LogP contribution in [0.1, 0.15) is 25.1 Å². The first-order valence-electron chi connectivity index (χ1n) is 7.61. The number of aromatic nitrogens is 4. The molecule has 3 rings (SSSR count). The fraction of sp³-hybridized carbons (Fsp3) is 0.400. The van der Waals surface area contributed by atoms with Crippen LogP contribution < -0.4 is 5.32 Å². The second kappa shape index (κ2) is 6.55. The number of benzene rings is 1. The molecule has 2 heterocycles. The number of likely N-dealkylation sites (tertiary alicyclic amines) is 1. The predicted molar refractivity (Wildman–Crippen MR) is 83.0 cm³/mol. The van der Waals surface area contributed by atoms with Crippen LogP contribution in [-0.2, 0) is 9.59 Å². The molecule has 1 fully saturated rings. The number of hydrogen-bond acceptors (Lipinski definition) is 5. The maximum Gasteiger partial charge on any atom is 0.313 e. The van der Waals surface area contributed by atoms with Crippen LogP contribution in [0.15, 0.2) is 24.3 Å². The molecule has 23 heavy (non-hydrogen) atoms. The number of piperidine rings is 1. The van der Waals surface area contributed by atoms with Gasteiger partial charge in [0.1, 0.15) is 0 Å². The molecule has 8 nitrogen and oxygen atoms in total. The summed E-state index contributed by atoms with van der Waals surface area (Å²) in [6.07, 6.45) is 3.01. The Morgan fingerprint density at radius 2 is 1.96 bits per heavy atom. The van der Waals surface area contributed by atoms with E-state index < -0.39 is 11.8 Å². The van der Waals surface area contributed by atoms with Crippen molar-refractivity contribution in [1.82, 2.24) is 25.1 Å². The number of anilines is 1. The van der Waals surface area contributed by atoms with Gasteiger partial charge in [0.2, 0.25) is 0 Å². The van der Waals surface area contributed by atoms with Crippen LogP contribution in [0.4, 0.5) is 5.69 Å². The third kappa shape index (κ3) is 3.36. The van der Waals surface area contributed by atoms with Gasteiger partial charge in [0, 0.05) is 18.8 Å². The van der Waals surface area contributed by atoms with Crippen molar-refractivity contribution < 1.29 is 9.59 Å². The molecule has 0 radical (unpaired) electrons. The van der Waals surface area contributed by atoms with E-state index >= 15 is 0 Å². The highest BCUT2D eigenvalue weighted by Gasteiger charge is 2.23. The second-order valence-corrected chi connectivity index (χ2v) is 5.50.